The monoisotopic (exact) mass is 882 g/mol. The highest BCUT2D eigenvalue weighted by molar-refractivity contribution is 6.09. The summed E-state index contributed by atoms with van der Waals surface area (Å²) in [6.45, 7) is 0. The third kappa shape index (κ3) is 8.24. The Balaban J connectivity index is 0.866. The van der Waals surface area contributed by atoms with Crippen molar-refractivity contribution in [3.63, 3.8) is 0 Å². The van der Waals surface area contributed by atoms with Crippen molar-refractivity contribution in [2.45, 2.75) is 0 Å². The Kier molecular flexibility index (Phi) is 10.9. The predicted molar refractivity (Wildman–Crippen MR) is 290 cm³/mol. The van der Waals surface area contributed by atoms with Crippen LogP contribution >= 0.6 is 0 Å². The van der Waals surface area contributed by atoms with Crippen LogP contribution in [0.2, 0.25) is 0 Å². The van der Waals surface area contributed by atoms with E-state index in [1.807, 2.05) is 12.1 Å². The first-order chi connectivity index (χ1) is 34.2. The molecule has 0 atom stereocenters. The maximum atomic E-state index is 6.43. The summed E-state index contributed by atoms with van der Waals surface area (Å²) < 4.78 is 6.43. The smallest absolute Gasteiger partial charge is 0.143 e. The SMILES string of the molecule is c1ccc(-c2ccc(N(c3ccc(-c4ccccc4)cc3)c3ccc(-c4ccc(N(c5ccc(-c6ccccc6)cc5)c5ccc(-c6cccc7c6oc6ccccc67)cc5)cc4)cc3)cc2)cc1. The fourth-order valence-corrected chi connectivity index (χ4v) is 9.57. The Morgan fingerprint density at radius 3 is 0.826 bits per heavy atom. The van der Waals surface area contributed by atoms with E-state index in [2.05, 4.69) is 277 Å². The number of benzene rings is 11. The summed E-state index contributed by atoms with van der Waals surface area (Å²) in [6, 6.07) is 99.6. The van der Waals surface area contributed by atoms with Crippen molar-refractivity contribution in [1.29, 1.82) is 0 Å². The molecule has 3 nitrogen and oxygen atoms in total. The zero-order valence-electron chi connectivity index (χ0n) is 37.9. The van der Waals surface area contributed by atoms with Gasteiger partial charge in [-0.15, -0.1) is 0 Å². The number of furan rings is 1. The van der Waals surface area contributed by atoms with E-state index >= 15 is 0 Å². The average Bonchev–Trinajstić information content (AvgIpc) is 3.82. The molecule has 0 aliphatic rings. The fraction of sp³-hybridized carbons (Fsp3) is 0. The first kappa shape index (κ1) is 41.3. The molecule has 0 fully saturated rings. The molecule has 3 heteroatoms. The lowest BCUT2D eigenvalue weighted by atomic mass is 10.0. The van der Waals surface area contributed by atoms with Crippen molar-refractivity contribution in [2.75, 3.05) is 9.80 Å². The molecular weight excluding hydrogens is 837 g/mol. The third-order valence-electron chi connectivity index (χ3n) is 13.1. The van der Waals surface area contributed by atoms with E-state index in [0.717, 1.165) is 78.3 Å². The Hall–Kier alpha value is -9.18. The van der Waals surface area contributed by atoms with E-state index in [1.54, 1.807) is 0 Å². The third-order valence-corrected chi connectivity index (χ3v) is 13.1. The van der Waals surface area contributed by atoms with Crippen molar-refractivity contribution in [2.24, 2.45) is 0 Å². The maximum absolute atomic E-state index is 6.43. The molecule has 0 N–H and O–H groups in total. The van der Waals surface area contributed by atoms with Gasteiger partial charge in [-0.05, 0) is 129 Å². The molecule has 1 heterocycles. The molecule has 12 rings (SSSR count). The van der Waals surface area contributed by atoms with Gasteiger partial charge in [-0.1, -0.05) is 200 Å². The molecule has 69 heavy (non-hydrogen) atoms. The number of fused-ring (bicyclic) bond motifs is 3. The van der Waals surface area contributed by atoms with Crippen LogP contribution in [0.3, 0.4) is 0 Å². The van der Waals surface area contributed by atoms with Gasteiger partial charge in [-0.25, -0.2) is 0 Å². The topological polar surface area (TPSA) is 19.6 Å². The van der Waals surface area contributed by atoms with Crippen LogP contribution in [0.4, 0.5) is 34.1 Å². The minimum atomic E-state index is 0.901. The second kappa shape index (κ2) is 18.2. The van der Waals surface area contributed by atoms with E-state index in [4.69, 9.17) is 4.42 Å². The molecule has 0 aliphatic carbocycles. The molecule has 0 saturated carbocycles. The number of rotatable bonds is 11. The van der Waals surface area contributed by atoms with Gasteiger partial charge in [0.1, 0.15) is 11.2 Å². The second-order valence-corrected chi connectivity index (χ2v) is 17.3. The number of hydrogen-bond acceptors (Lipinski definition) is 3. The van der Waals surface area contributed by atoms with Gasteiger partial charge in [-0.3, -0.25) is 0 Å². The van der Waals surface area contributed by atoms with Crippen molar-refractivity contribution < 1.29 is 4.42 Å². The number of anilines is 6. The average molecular weight is 883 g/mol. The molecule has 0 radical (unpaired) electrons. The van der Waals surface area contributed by atoms with Gasteiger partial charge in [0, 0.05) is 50.5 Å². The molecule has 0 saturated heterocycles. The standard InChI is InChI=1S/C66H46N2O/c1-4-13-47(14-5-1)50-23-35-56(36-24-50)67(57-37-25-51(26-38-57)48-15-6-2-7-16-48)59-41-29-53(30-42-59)54-31-43-60(44-32-54)68(58-39-27-52(28-40-58)49-17-8-3-9-18-49)61-45-33-55(34-46-61)62-20-12-21-64-63-19-10-11-22-65(63)69-66(62)64/h1-46H. The lowest BCUT2D eigenvalue weighted by Crippen LogP contribution is -2.10. The first-order valence-corrected chi connectivity index (χ1v) is 23.5. The molecular formula is C66H46N2O. The van der Waals surface area contributed by atoms with Gasteiger partial charge in [0.2, 0.25) is 0 Å². The summed E-state index contributed by atoms with van der Waals surface area (Å²) in [5.74, 6) is 0. The van der Waals surface area contributed by atoms with Crippen LogP contribution in [-0.2, 0) is 0 Å². The van der Waals surface area contributed by atoms with Crippen LogP contribution in [0.1, 0.15) is 0 Å². The van der Waals surface area contributed by atoms with Crippen LogP contribution < -0.4 is 9.80 Å². The Morgan fingerprint density at radius 2 is 0.478 bits per heavy atom. The lowest BCUT2D eigenvalue weighted by Gasteiger charge is -2.27. The van der Waals surface area contributed by atoms with Gasteiger partial charge >= 0.3 is 0 Å². The van der Waals surface area contributed by atoms with Crippen molar-refractivity contribution in [3.8, 4) is 55.6 Å². The van der Waals surface area contributed by atoms with Crippen LogP contribution in [0.5, 0.6) is 0 Å². The Morgan fingerprint density at radius 1 is 0.203 bits per heavy atom. The molecule has 11 aromatic carbocycles. The Labute approximate surface area is 403 Å². The first-order valence-electron chi connectivity index (χ1n) is 23.5. The summed E-state index contributed by atoms with van der Waals surface area (Å²) in [6.07, 6.45) is 0. The van der Waals surface area contributed by atoms with E-state index in [0.29, 0.717) is 0 Å². The molecule has 0 spiro atoms. The highest BCUT2D eigenvalue weighted by Crippen LogP contribution is 2.42. The maximum Gasteiger partial charge on any atom is 0.143 e. The largest absolute Gasteiger partial charge is 0.455 e. The van der Waals surface area contributed by atoms with Crippen molar-refractivity contribution in [3.05, 3.63) is 279 Å². The van der Waals surface area contributed by atoms with Crippen molar-refractivity contribution >= 4 is 56.1 Å². The molecule has 0 amide bonds. The van der Waals surface area contributed by atoms with Crippen LogP contribution in [0.15, 0.2) is 283 Å². The normalized spacial score (nSPS) is 11.2. The quantitative estimate of drug-likeness (QED) is 0.129. The molecule has 0 aliphatic heterocycles. The zero-order valence-corrected chi connectivity index (χ0v) is 37.9. The summed E-state index contributed by atoms with van der Waals surface area (Å²) in [5.41, 5.74) is 19.9. The number of hydrogen-bond donors (Lipinski definition) is 0. The lowest BCUT2D eigenvalue weighted by molar-refractivity contribution is 0.670. The number of para-hydroxylation sites is 2. The molecule has 1 aromatic heterocycles. The van der Waals surface area contributed by atoms with E-state index in [9.17, 15) is 0 Å². The second-order valence-electron chi connectivity index (χ2n) is 17.3. The fourth-order valence-electron chi connectivity index (χ4n) is 9.57. The van der Waals surface area contributed by atoms with Gasteiger partial charge in [0.15, 0.2) is 0 Å². The summed E-state index contributed by atoms with van der Waals surface area (Å²) in [7, 11) is 0. The summed E-state index contributed by atoms with van der Waals surface area (Å²) >= 11 is 0. The molecule has 0 bridgehead atoms. The van der Waals surface area contributed by atoms with E-state index < -0.39 is 0 Å². The molecule has 0 unspecified atom stereocenters. The predicted octanol–water partition coefficient (Wildman–Crippen LogP) is 18.9. The van der Waals surface area contributed by atoms with Crippen LogP contribution in [-0.4, -0.2) is 0 Å². The minimum Gasteiger partial charge on any atom is -0.455 e. The van der Waals surface area contributed by atoms with E-state index in [1.165, 1.54) is 33.4 Å². The summed E-state index contributed by atoms with van der Waals surface area (Å²) in [4.78, 5) is 4.66. The molecule has 326 valence electrons. The minimum absolute atomic E-state index is 0.901. The van der Waals surface area contributed by atoms with Crippen molar-refractivity contribution in [1.82, 2.24) is 0 Å². The summed E-state index contributed by atoms with van der Waals surface area (Å²) in [5, 5.41) is 2.26. The highest BCUT2D eigenvalue weighted by atomic mass is 16.3. The molecule has 12 aromatic rings. The van der Waals surface area contributed by atoms with Crippen LogP contribution in [0, 0.1) is 0 Å². The van der Waals surface area contributed by atoms with Gasteiger partial charge in [0.25, 0.3) is 0 Å². The zero-order chi connectivity index (χ0) is 45.9. The van der Waals surface area contributed by atoms with Gasteiger partial charge in [0.05, 0.1) is 0 Å². The Bertz CT molecular complexity index is 3560. The van der Waals surface area contributed by atoms with E-state index in [-0.39, 0.29) is 0 Å². The van der Waals surface area contributed by atoms with Gasteiger partial charge in [-0.2, -0.15) is 0 Å². The highest BCUT2D eigenvalue weighted by Gasteiger charge is 2.18. The van der Waals surface area contributed by atoms with Crippen LogP contribution in [0.25, 0.3) is 77.6 Å². The van der Waals surface area contributed by atoms with Gasteiger partial charge < -0.3 is 14.2 Å². The number of nitrogens with zero attached hydrogens (tertiary/aromatic N) is 2.